The molecule has 9 atom stereocenters. The van der Waals surface area contributed by atoms with E-state index in [9.17, 15) is 19.5 Å². The van der Waals surface area contributed by atoms with Gasteiger partial charge in [-0.25, -0.2) is 0 Å². The van der Waals surface area contributed by atoms with Gasteiger partial charge in [-0.3, -0.25) is 14.4 Å². The monoisotopic (exact) mass is 388 g/mol. The first-order chi connectivity index (χ1) is 13.1. The number of carbonyl (C=O) groups excluding carboxylic acids is 2. The lowest BCUT2D eigenvalue weighted by molar-refractivity contribution is -0.170. The maximum absolute atomic E-state index is 13.0. The number of ether oxygens (including phenoxy) is 3. The van der Waals surface area contributed by atoms with E-state index in [1.165, 1.54) is 6.92 Å². The molecule has 1 N–H and O–H groups in total. The molecule has 0 radical (unpaired) electrons. The van der Waals surface area contributed by atoms with E-state index in [-0.39, 0.29) is 30.1 Å². The molecule has 1 spiro atoms. The molecule has 6 fully saturated rings. The fraction of sp³-hybridized carbons (Fsp3) is 0.762. The Morgan fingerprint density at radius 3 is 2.79 bits per heavy atom. The van der Waals surface area contributed by atoms with E-state index in [1.54, 1.807) is 0 Å². The average Bonchev–Trinajstić information content (AvgIpc) is 3.22. The van der Waals surface area contributed by atoms with Crippen molar-refractivity contribution < 1.29 is 33.7 Å². The Kier molecular flexibility index (Phi) is 2.72. The summed E-state index contributed by atoms with van der Waals surface area (Å²) in [6.07, 6.45) is 2.53. The molecule has 0 aromatic carbocycles. The minimum absolute atomic E-state index is 0.0259. The van der Waals surface area contributed by atoms with Crippen molar-refractivity contribution >= 4 is 17.9 Å². The molecular weight excluding hydrogens is 364 g/mol. The minimum atomic E-state index is -0.925. The molecule has 7 heteroatoms. The van der Waals surface area contributed by atoms with Crippen molar-refractivity contribution in [1.29, 1.82) is 0 Å². The van der Waals surface area contributed by atoms with Gasteiger partial charge in [0.1, 0.15) is 22.7 Å². The number of epoxide rings is 1. The summed E-state index contributed by atoms with van der Waals surface area (Å²) in [5.41, 5.74) is -2.30. The number of rotatable bonds is 2. The maximum atomic E-state index is 13.0. The van der Waals surface area contributed by atoms with Crippen molar-refractivity contribution in [1.82, 2.24) is 0 Å². The fourth-order valence-corrected chi connectivity index (χ4v) is 8.42. The van der Waals surface area contributed by atoms with E-state index in [0.717, 1.165) is 5.57 Å². The lowest BCUT2D eigenvalue weighted by Crippen LogP contribution is -2.51. The first-order valence-electron chi connectivity index (χ1n) is 10.1. The van der Waals surface area contributed by atoms with Crippen LogP contribution in [0.25, 0.3) is 0 Å². The van der Waals surface area contributed by atoms with Gasteiger partial charge in [0.2, 0.25) is 0 Å². The van der Waals surface area contributed by atoms with Crippen molar-refractivity contribution in [3.8, 4) is 0 Å². The molecule has 2 unspecified atom stereocenters. The summed E-state index contributed by atoms with van der Waals surface area (Å²) in [5.74, 6) is -2.81. The summed E-state index contributed by atoms with van der Waals surface area (Å²) in [6, 6.07) is 0. The Morgan fingerprint density at radius 1 is 1.36 bits per heavy atom. The molecule has 0 aromatic heterocycles. The summed E-state index contributed by atoms with van der Waals surface area (Å²) in [6.45, 7) is 7.42. The van der Waals surface area contributed by atoms with Crippen LogP contribution in [0.1, 0.15) is 46.0 Å². The molecule has 2 saturated heterocycles. The molecule has 4 bridgehead atoms. The van der Waals surface area contributed by atoms with Crippen molar-refractivity contribution in [3.63, 3.8) is 0 Å². The molecule has 2 heterocycles. The Balaban J connectivity index is 1.54. The predicted molar refractivity (Wildman–Crippen MR) is 92.9 cm³/mol. The third-order valence-electron chi connectivity index (χ3n) is 9.07. The van der Waals surface area contributed by atoms with Gasteiger partial charge >= 0.3 is 17.9 Å². The normalized spacial score (nSPS) is 57.1. The minimum Gasteiger partial charge on any atom is -0.481 e. The van der Waals surface area contributed by atoms with Gasteiger partial charge in [0.15, 0.2) is 0 Å². The standard InChI is InChI=1S/C21H24O7/c1-9-6-19-8-20(9,27-10(2)22)5-4-12(19)21-7-11-15(26-11)18(3,17(25)28-21)14(21)13(19)16(23)24/h11-15H,1,4-8H2,2-3H3,(H,23,24)/t11-,12?,13-,14?,15-,18-,19+,20+,21-/m1/s1. The van der Waals surface area contributed by atoms with Gasteiger partial charge in [0.05, 0.1) is 12.0 Å². The molecule has 7 nitrogen and oxygen atoms in total. The number of carboxylic acid groups (broad SMARTS) is 1. The fourth-order valence-electron chi connectivity index (χ4n) is 8.42. The number of aliphatic carboxylic acids is 1. The van der Waals surface area contributed by atoms with Crippen LogP contribution in [-0.4, -0.2) is 46.4 Å². The van der Waals surface area contributed by atoms with Gasteiger partial charge in [-0.15, -0.1) is 0 Å². The highest BCUT2D eigenvalue weighted by molar-refractivity contribution is 5.86. The first kappa shape index (κ1) is 17.0. The Hall–Kier alpha value is -1.89. The van der Waals surface area contributed by atoms with Crippen LogP contribution in [-0.2, 0) is 28.6 Å². The van der Waals surface area contributed by atoms with Crippen LogP contribution in [0.2, 0.25) is 0 Å². The molecule has 0 amide bonds. The van der Waals surface area contributed by atoms with E-state index < -0.39 is 39.8 Å². The quantitative estimate of drug-likeness (QED) is 0.437. The van der Waals surface area contributed by atoms with Crippen LogP contribution in [0, 0.1) is 28.6 Å². The lowest BCUT2D eigenvalue weighted by atomic mass is 9.60. The number of hydrogen-bond acceptors (Lipinski definition) is 6. The molecule has 6 rings (SSSR count). The molecule has 28 heavy (non-hydrogen) atoms. The Bertz CT molecular complexity index is 880. The maximum Gasteiger partial charge on any atom is 0.315 e. The number of carbonyl (C=O) groups is 3. The van der Waals surface area contributed by atoms with E-state index in [2.05, 4.69) is 6.58 Å². The second-order valence-corrected chi connectivity index (χ2v) is 10.1. The van der Waals surface area contributed by atoms with E-state index in [0.29, 0.717) is 32.1 Å². The van der Waals surface area contributed by atoms with Gasteiger partial charge < -0.3 is 19.3 Å². The van der Waals surface area contributed by atoms with Crippen LogP contribution in [0.15, 0.2) is 12.2 Å². The average molecular weight is 388 g/mol. The molecule has 6 aliphatic rings. The van der Waals surface area contributed by atoms with Crippen LogP contribution >= 0.6 is 0 Å². The van der Waals surface area contributed by atoms with Crippen molar-refractivity contribution in [3.05, 3.63) is 12.2 Å². The van der Waals surface area contributed by atoms with Crippen molar-refractivity contribution in [2.24, 2.45) is 28.6 Å². The SMILES string of the molecule is C=C1C[C@]23C[C@@]1(OC(C)=O)CCC2[C@@]12C[C@H]4O[C@H]4[C@](C)(C(=O)O1)C2[C@@H]3C(=O)O. The number of fused-ring (bicyclic) bond motifs is 3. The van der Waals surface area contributed by atoms with E-state index in [1.807, 2.05) is 6.92 Å². The summed E-state index contributed by atoms with van der Waals surface area (Å²) < 4.78 is 17.7. The van der Waals surface area contributed by atoms with E-state index in [4.69, 9.17) is 14.2 Å². The second-order valence-electron chi connectivity index (χ2n) is 10.1. The van der Waals surface area contributed by atoms with Crippen molar-refractivity contribution in [2.75, 3.05) is 0 Å². The van der Waals surface area contributed by atoms with Gasteiger partial charge in [0, 0.05) is 25.2 Å². The molecular formula is C21H24O7. The lowest BCUT2D eigenvalue weighted by Gasteiger charge is -2.46. The van der Waals surface area contributed by atoms with Gasteiger partial charge in [-0.1, -0.05) is 6.58 Å². The van der Waals surface area contributed by atoms with Crippen LogP contribution in [0.3, 0.4) is 0 Å². The third kappa shape index (κ3) is 1.52. The topological polar surface area (TPSA) is 102 Å². The Morgan fingerprint density at radius 2 is 2.11 bits per heavy atom. The number of carboxylic acids is 1. The molecule has 4 aliphatic carbocycles. The van der Waals surface area contributed by atoms with Crippen LogP contribution in [0.5, 0.6) is 0 Å². The first-order valence-corrected chi connectivity index (χ1v) is 10.1. The third-order valence-corrected chi connectivity index (χ3v) is 9.07. The highest BCUT2D eigenvalue weighted by Crippen LogP contribution is 2.80. The molecule has 4 saturated carbocycles. The smallest absolute Gasteiger partial charge is 0.315 e. The van der Waals surface area contributed by atoms with Crippen LogP contribution < -0.4 is 0 Å². The van der Waals surface area contributed by atoms with Crippen LogP contribution in [0.4, 0.5) is 0 Å². The Labute approximate surface area is 162 Å². The largest absolute Gasteiger partial charge is 0.481 e. The number of hydrogen-bond donors (Lipinski definition) is 1. The predicted octanol–water partition coefficient (Wildman–Crippen LogP) is 1.84. The van der Waals surface area contributed by atoms with Gasteiger partial charge in [-0.2, -0.15) is 0 Å². The summed E-state index contributed by atoms with van der Waals surface area (Å²) in [5, 5.41) is 10.4. The summed E-state index contributed by atoms with van der Waals surface area (Å²) in [4.78, 5) is 37.4. The van der Waals surface area contributed by atoms with Gasteiger partial charge in [0.25, 0.3) is 0 Å². The molecule has 0 aromatic rings. The van der Waals surface area contributed by atoms with E-state index >= 15 is 0 Å². The zero-order chi connectivity index (χ0) is 19.9. The zero-order valence-corrected chi connectivity index (χ0v) is 16.0. The molecule has 2 aliphatic heterocycles. The second kappa shape index (κ2) is 4.48. The highest BCUT2D eigenvalue weighted by atomic mass is 16.6. The molecule has 150 valence electrons. The number of esters is 2. The van der Waals surface area contributed by atoms with Gasteiger partial charge in [-0.05, 0) is 43.6 Å². The van der Waals surface area contributed by atoms with Crippen molar-refractivity contribution in [2.45, 2.75) is 69.4 Å². The summed E-state index contributed by atoms with van der Waals surface area (Å²) in [7, 11) is 0. The zero-order valence-electron chi connectivity index (χ0n) is 16.0. The summed E-state index contributed by atoms with van der Waals surface area (Å²) >= 11 is 0. The highest BCUT2D eigenvalue weighted by Gasteiger charge is 2.88.